The van der Waals surface area contributed by atoms with E-state index >= 15 is 0 Å². The van der Waals surface area contributed by atoms with Crippen LogP contribution in [0.15, 0.2) is 24.3 Å². The average Bonchev–Trinajstić information content (AvgIpc) is 2.53. The first kappa shape index (κ1) is 14.6. The first-order valence-electron chi connectivity index (χ1n) is 8.36. The fourth-order valence-electron chi connectivity index (χ4n) is 3.74. The van der Waals surface area contributed by atoms with Crippen molar-refractivity contribution in [3.63, 3.8) is 0 Å². The summed E-state index contributed by atoms with van der Waals surface area (Å²) in [5, 5.41) is 6.94. The number of aromatic nitrogens is 2. The molecule has 2 aromatic rings. The van der Waals surface area contributed by atoms with Crippen LogP contribution in [0.1, 0.15) is 28.7 Å². The molecule has 3 heterocycles. The van der Waals surface area contributed by atoms with Gasteiger partial charge in [0.1, 0.15) is 11.6 Å². The maximum Gasteiger partial charge on any atom is 0.134 e. The predicted octanol–water partition coefficient (Wildman–Crippen LogP) is 2.34. The van der Waals surface area contributed by atoms with E-state index in [2.05, 4.69) is 43.7 Å². The third-order valence-electron chi connectivity index (χ3n) is 4.76. The zero-order chi connectivity index (χ0) is 15.8. The number of piperazine rings is 1. The van der Waals surface area contributed by atoms with Gasteiger partial charge in [-0.2, -0.15) is 0 Å². The second-order valence-corrected chi connectivity index (χ2v) is 6.49. The van der Waals surface area contributed by atoms with Crippen molar-refractivity contribution < 1.29 is 0 Å². The van der Waals surface area contributed by atoms with Gasteiger partial charge in [0, 0.05) is 49.7 Å². The molecule has 1 unspecified atom stereocenters. The summed E-state index contributed by atoms with van der Waals surface area (Å²) in [6, 6.07) is 9.25. The minimum atomic E-state index is 0.532. The van der Waals surface area contributed by atoms with Gasteiger partial charge in [-0.15, -0.1) is 0 Å². The summed E-state index contributed by atoms with van der Waals surface area (Å²) in [6.07, 6.45) is 1.13. The molecule has 0 aliphatic carbocycles. The van der Waals surface area contributed by atoms with Gasteiger partial charge in [-0.25, -0.2) is 9.97 Å². The van der Waals surface area contributed by atoms with E-state index in [1.165, 1.54) is 11.1 Å². The van der Waals surface area contributed by atoms with Crippen molar-refractivity contribution in [2.75, 3.05) is 31.5 Å². The minimum Gasteiger partial charge on any atom is -0.340 e. The molecule has 2 aliphatic rings. The van der Waals surface area contributed by atoms with E-state index in [0.29, 0.717) is 6.04 Å². The quantitative estimate of drug-likeness (QED) is 0.892. The third-order valence-corrected chi connectivity index (χ3v) is 4.76. The topological polar surface area (TPSA) is 53.1 Å². The van der Waals surface area contributed by atoms with Crippen LogP contribution in [0.4, 0.5) is 11.5 Å². The van der Waals surface area contributed by atoms with Gasteiger partial charge in [0.15, 0.2) is 0 Å². The van der Waals surface area contributed by atoms with Gasteiger partial charge in [-0.1, -0.05) is 6.07 Å². The first-order valence-corrected chi connectivity index (χ1v) is 8.36. The van der Waals surface area contributed by atoms with E-state index in [0.717, 1.165) is 55.6 Å². The number of anilines is 2. The summed E-state index contributed by atoms with van der Waals surface area (Å²) in [6.45, 7) is 8.41. The molecule has 0 spiro atoms. The Bertz CT molecular complexity index is 707. The molecule has 2 aliphatic heterocycles. The Balaban J connectivity index is 1.60. The standard InChI is InChI=1S/C18H23N5/c1-12-9-18(21-13(2)20-12)22-15-3-4-16-14(10-15)5-7-23-8-6-19-11-17(16)23/h3-4,9-10,17,19H,5-8,11H2,1-2H3,(H,20,21,22). The van der Waals surface area contributed by atoms with Crippen molar-refractivity contribution in [3.8, 4) is 0 Å². The summed E-state index contributed by atoms with van der Waals surface area (Å²) in [5.74, 6) is 1.67. The molecule has 0 bridgehead atoms. The maximum absolute atomic E-state index is 4.47. The highest BCUT2D eigenvalue weighted by Gasteiger charge is 2.29. The van der Waals surface area contributed by atoms with E-state index in [4.69, 9.17) is 0 Å². The summed E-state index contributed by atoms with van der Waals surface area (Å²) in [4.78, 5) is 11.4. The van der Waals surface area contributed by atoms with E-state index in [1.54, 1.807) is 0 Å². The van der Waals surface area contributed by atoms with E-state index in [9.17, 15) is 0 Å². The second kappa shape index (κ2) is 5.91. The third kappa shape index (κ3) is 2.94. The normalized spacial score (nSPS) is 20.7. The molecular formula is C18H23N5. The number of aryl methyl sites for hydroxylation is 2. The van der Waals surface area contributed by atoms with Crippen molar-refractivity contribution >= 4 is 11.5 Å². The molecule has 1 aromatic carbocycles. The molecule has 1 aromatic heterocycles. The van der Waals surface area contributed by atoms with Crippen LogP contribution in [-0.2, 0) is 6.42 Å². The van der Waals surface area contributed by atoms with Crippen LogP contribution < -0.4 is 10.6 Å². The summed E-state index contributed by atoms with van der Waals surface area (Å²) < 4.78 is 0. The summed E-state index contributed by atoms with van der Waals surface area (Å²) >= 11 is 0. The minimum absolute atomic E-state index is 0.532. The van der Waals surface area contributed by atoms with Crippen LogP contribution in [-0.4, -0.2) is 41.0 Å². The van der Waals surface area contributed by atoms with Crippen molar-refractivity contribution in [3.05, 3.63) is 46.9 Å². The van der Waals surface area contributed by atoms with Gasteiger partial charge < -0.3 is 10.6 Å². The molecule has 5 heteroatoms. The molecule has 4 rings (SSSR count). The molecule has 2 N–H and O–H groups in total. The molecule has 1 saturated heterocycles. The van der Waals surface area contributed by atoms with Gasteiger partial charge in [0.25, 0.3) is 0 Å². The highest BCUT2D eigenvalue weighted by atomic mass is 15.2. The molecule has 0 saturated carbocycles. The van der Waals surface area contributed by atoms with E-state index in [1.807, 2.05) is 19.9 Å². The lowest BCUT2D eigenvalue weighted by molar-refractivity contribution is 0.152. The Kier molecular flexibility index (Phi) is 3.75. The highest BCUT2D eigenvalue weighted by Crippen LogP contribution is 2.32. The SMILES string of the molecule is Cc1cc(Nc2ccc3c(c2)CCN2CCNCC32)nc(C)n1. The van der Waals surface area contributed by atoms with Crippen LogP contribution >= 0.6 is 0 Å². The Labute approximate surface area is 137 Å². The molecule has 1 fully saturated rings. The Morgan fingerprint density at radius 3 is 2.96 bits per heavy atom. The number of hydrogen-bond acceptors (Lipinski definition) is 5. The fraction of sp³-hybridized carbons (Fsp3) is 0.444. The lowest BCUT2D eigenvalue weighted by Crippen LogP contribution is -2.48. The molecule has 23 heavy (non-hydrogen) atoms. The monoisotopic (exact) mass is 309 g/mol. The number of fused-ring (bicyclic) bond motifs is 3. The number of rotatable bonds is 2. The lowest BCUT2D eigenvalue weighted by atomic mass is 9.91. The van der Waals surface area contributed by atoms with Crippen LogP contribution in [0.25, 0.3) is 0 Å². The van der Waals surface area contributed by atoms with Gasteiger partial charge in [-0.05, 0) is 43.5 Å². The van der Waals surface area contributed by atoms with Crippen molar-refractivity contribution in [1.29, 1.82) is 0 Å². The number of nitrogens with one attached hydrogen (secondary N) is 2. The van der Waals surface area contributed by atoms with E-state index < -0.39 is 0 Å². The number of nitrogens with zero attached hydrogens (tertiary/aromatic N) is 3. The number of benzene rings is 1. The average molecular weight is 309 g/mol. The molecule has 0 radical (unpaired) electrons. The Morgan fingerprint density at radius 2 is 2.09 bits per heavy atom. The molecule has 5 nitrogen and oxygen atoms in total. The van der Waals surface area contributed by atoms with Gasteiger partial charge in [0.2, 0.25) is 0 Å². The number of hydrogen-bond donors (Lipinski definition) is 2. The summed E-state index contributed by atoms with van der Waals surface area (Å²) in [7, 11) is 0. The molecule has 0 amide bonds. The smallest absolute Gasteiger partial charge is 0.134 e. The van der Waals surface area contributed by atoms with Crippen LogP contribution in [0.3, 0.4) is 0 Å². The first-order chi connectivity index (χ1) is 11.2. The van der Waals surface area contributed by atoms with Crippen molar-refractivity contribution in [1.82, 2.24) is 20.2 Å². The predicted molar refractivity (Wildman–Crippen MR) is 92.1 cm³/mol. The fourth-order valence-corrected chi connectivity index (χ4v) is 3.74. The van der Waals surface area contributed by atoms with Gasteiger partial charge in [0.05, 0.1) is 0 Å². The van der Waals surface area contributed by atoms with Gasteiger partial charge >= 0.3 is 0 Å². The zero-order valence-corrected chi connectivity index (χ0v) is 13.8. The Hall–Kier alpha value is -1.98. The van der Waals surface area contributed by atoms with E-state index in [-0.39, 0.29) is 0 Å². The zero-order valence-electron chi connectivity index (χ0n) is 13.8. The molecular weight excluding hydrogens is 286 g/mol. The summed E-state index contributed by atoms with van der Waals surface area (Å²) in [5.41, 5.74) is 5.03. The largest absolute Gasteiger partial charge is 0.340 e. The Morgan fingerprint density at radius 1 is 1.17 bits per heavy atom. The van der Waals surface area contributed by atoms with Crippen LogP contribution in [0.2, 0.25) is 0 Å². The molecule has 120 valence electrons. The van der Waals surface area contributed by atoms with Crippen LogP contribution in [0.5, 0.6) is 0 Å². The van der Waals surface area contributed by atoms with Crippen LogP contribution in [0, 0.1) is 13.8 Å². The second-order valence-electron chi connectivity index (χ2n) is 6.49. The lowest BCUT2D eigenvalue weighted by Gasteiger charge is -2.41. The van der Waals surface area contributed by atoms with Crippen molar-refractivity contribution in [2.45, 2.75) is 26.3 Å². The van der Waals surface area contributed by atoms with Gasteiger partial charge in [-0.3, -0.25) is 4.90 Å². The highest BCUT2D eigenvalue weighted by molar-refractivity contribution is 5.59. The molecule has 1 atom stereocenters. The maximum atomic E-state index is 4.47. The van der Waals surface area contributed by atoms with Crippen molar-refractivity contribution in [2.24, 2.45) is 0 Å².